The van der Waals surface area contributed by atoms with Crippen LogP contribution in [0, 0.1) is 13.8 Å². The van der Waals surface area contributed by atoms with Crippen LogP contribution in [0.15, 0.2) is 48.5 Å². The Labute approximate surface area is 180 Å². The number of amides is 2. The molecule has 2 heterocycles. The largest absolute Gasteiger partial charge is 0.497 e. The monoisotopic (exact) mass is 419 g/mol. The third-order valence-corrected chi connectivity index (χ3v) is 5.51. The Bertz CT molecular complexity index is 1100. The number of aromatic nitrogens is 3. The van der Waals surface area contributed by atoms with E-state index in [1.165, 1.54) is 0 Å². The normalized spacial score (nSPS) is 18.1. The van der Waals surface area contributed by atoms with Gasteiger partial charge in [0.15, 0.2) is 5.82 Å². The van der Waals surface area contributed by atoms with Crippen molar-refractivity contribution in [3.63, 3.8) is 0 Å². The van der Waals surface area contributed by atoms with Gasteiger partial charge in [0, 0.05) is 23.7 Å². The van der Waals surface area contributed by atoms with Crippen molar-refractivity contribution in [2.75, 3.05) is 13.7 Å². The van der Waals surface area contributed by atoms with Crippen LogP contribution < -0.4 is 10.1 Å². The molecular formula is C23H25N5O3. The minimum atomic E-state index is -0.333. The van der Waals surface area contributed by atoms with E-state index < -0.39 is 0 Å². The second-order valence-electron chi connectivity index (χ2n) is 7.71. The van der Waals surface area contributed by atoms with Crippen molar-refractivity contribution in [1.82, 2.24) is 25.4 Å². The van der Waals surface area contributed by atoms with Crippen molar-refractivity contribution in [3.8, 4) is 5.75 Å². The highest BCUT2D eigenvalue weighted by atomic mass is 16.5. The molecular weight excluding hydrogens is 394 g/mol. The van der Waals surface area contributed by atoms with E-state index in [4.69, 9.17) is 4.74 Å². The number of benzene rings is 2. The zero-order valence-corrected chi connectivity index (χ0v) is 17.8. The van der Waals surface area contributed by atoms with Crippen molar-refractivity contribution in [2.45, 2.75) is 32.4 Å². The summed E-state index contributed by atoms with van der Waals surface area (Å²) in [6, 6.07) is 13.9. The Morgan fingerprint density at radius 2 is 1.94 bits per heavy atom. The maximum Gasteiger partial charge on any atom is 0.254 e. The van der Waals surface area contributed by atoms with Gasteiger partial charge in [0.05, 0.1) is 13.2 Å². The minimum absolute atomic E-state index is 0.121. The zero-order valence-electron chi connectivity index (χ0n) is 17.8. The van der Waals surface area contributed by atoms with Crippen LogP contribution >= 0.6 is 0 Å². The summed E-state index contributed by atoms with van der Waals surface area (Å²) in [4.78, 5) is 32.3. The van der Waals surface area contributed by atoms with E-state index in [-0.39, 0.29) is 23.9 Å². The van der Waals surface area contributed by atoms with E-state index in [1.54, 1.807) is 36.3 Å². The summed E-state index contributed by atoms with van der Waals surface area (Å²) in [6.07, 6.45) is 0.539. The van der Waals surface area contributed by atoms with Crippen LogP contribution in [0.5, 0.6) is 5.75 Å². The van der Waals surface area contributed by atoms with Crippen molar-refractivity contribution in [2.24, 2.45) is 0 Å². The molecule has 1 aliphatic rings. The summed E-state index contributed by atoms with van der Waals surface area (Å²) in [6.45, 7) is 4.08. The quantitative estimate of drug-likeness (QED) is 0.662. The van der Waals surface area contributed by atoms with Crippen LogP contribution in [0.25, 0.3) is 0 Å². The maximum absolute atomic E-state index is 13.5. The number of ether oxygens (including phenoxy) is 1. The van der Waals surface area contributed by atoms with Gasteiger partial charge in [0.1, 0.15) is 11.6 Å². The van der Waals surface area contributed by atoms with E-state index in [1.807, 2.05) is 38.1 Å². The second-order valence-corrected chi connectivity index (χ2v) is 7.71. The maximum atomic E-state index is 13.5. The Hall–Kier alpha value is -3.68. The van der Waals surface area contributed by atoms with Crippen LogP contribution in [-0.4, -0.2) is 51.6 Å². The highest BCUT2D eigenvalue weighted by Gasteiger charge is 2.39. The summed E-state index contributed by atoms with van der Waals surface area (Å²) in [5.74, 6) is 1.65. The first-order valence-corrected chi connectivity index (χ1v) is 10.2. The Morgan fingerprint density at radius 1 is 1.16 bits per heavy atom. The lowest BCUT2D eigenvalue weighted by Gasteiger charge is -2.23. The molecule has 2 aromatic carbocycles. The van der Waals surface area contributed by atoms with Gasteiger partial charge in [-0.15, -0.1) is 0 Å². The van der Waals surface area contributed by atoms with Crippen LogP contribution in [0.1, 0.15) is 50.4 Å². The van der Waals surface area contributed by atoms with Crippen LogP contribution in [0.4, 0.5) is 0 Å². The standard InChI is InChI=1S/C23H25N5O3/c1-14-11-18(31-3)9-10-19(14)23(30)28-13-17(12-20(28)21-24-15(2)26-27-21)25-22(29)16-7-5-4-6-8-16/h4-11,17,20H,12-13H2,1-3H3,(H,25,29)(H,24,26,27). The van der Waals surface area contributed by atoms with Crippen molar-refractivity contribution in [1.29, 1.82) is 0 Å². The molecule has 0 radical (unpaired) electrons. The predicted octanol–water partition coefficient (Wildman–Crippen LogP) is 2.82. The van der Waals surface area contributed by atoms with E-state index >= 15 is 0 Å². The molecule has 1 saturated heterocycles. The number of methoxy groups -OCH3 is 1. The number of aryl methyl sites for hydroxylation is 2. The zero-order chi connectivity index (χ0) is 22.0. The lowest BCUT2D eigenvalue weighted by atomic mass is 10.1. The van der Waals surface area contributed by atoms with Gasteiger partial charge >= 0.3 is 0 Å². The highest BCUT2D eigenvalue weighted by molar-refractivity contribution is 5.97. The third-order valence-electron chi connectivity index (χ3n) is 5.51. The van der Waals surface area contributed by atoms with E-state index in [0.717, 1.165) is 5.56 Å². The van der Waals surface area contributed by atoms with E-state index in [9.17, 15) is 9.59 Å². The van der Waals surface area contributed by atoms with Gasteiger partial charge in [-0.25, -0.2) is 4.98 Å². The van der Waals surface area contributed by atoms with Gasteiger partial charge < -0.3 is 15.0 Å². The number of likely N-dealkylation sites (tertiary alicyclic amines) is 1. The number of carbonyl (C=O) groups is 2. The molecule has 1 fully saturated rings. The Kier molecular flexibility index (Phi) is 5.70. The van der Waals surface area contributed by atoms with Gasteiger partial charge in [-0.1, -0.05) is 18.2 Å². The van der Waals surface area contributed by atoms with Gasteiger partial charge in [-0.2, -0.15) is 5.10 Å². The molecule has 2 amide bonds. The van der Waals surface area contributed by atoms with Gasteiger partial charge in [0.25, 0.3) is 11.8 Å². The average Bonchev–Trinajstić information content (AvgIpc) is 3.39. The molecule has 2 N–H and O–H groups in total. The molecule has 0 saturated carbocycles. The first kappa shape index (κ1) is 20.6. The fraction of sp³-hybridized carbons (Fsp3) is 0.304. The smallest absolute Gasteiger partial charge is 0.254 e. The Morgan fingerprint density at radius 3 is 2.58 bits per heavy atom. The molecule has 8 heteroatoms. The summed E-state index contributed by atoms with van der Waals surface area (Å²) in [7, 11) is 1.60. The predicted molar refractivity (Wildman–Crippen MR) is 115 cm³/mol. The summed E-state index contributed by atoms with van der Waals surface area (Å²) >= 11 is 0. The number of hydrogen-bond donors (Lipinski definition) is 2. The topological polar surface area (TPSA) is 100 Å². The molecule has 1 aliphatic heterocycles. The first-order chi connectivity index (χ1) is 15.0. The SMILES string of the molecule is COc1ccc(C(=O)N2CC(NC(=O)c3ccccc3)CC2c2n[nH]c(C)n2)c(C)c1. The molecule has 160 valence electrons. The number of aromatic amines is 1. The number of hydrogen-bond acceptors (Lipinski definition) is 5. The molecule has 0 bridgehead atoms. The first-order valence-electron chi connectivity index (χ1n) is 10.2. The molecule has 0 aliphatic carbocycles. The molecule has 8 nitrogen and oxygen atoms in total. The molecule has 0 spiro atoms. The molecule has 31 heavy (non-hydrogen) atoms. The number of rotatable bonds is 5. The van der Waals surface area contributed by atoms with Gasteiger partial charge in [-0.05, 0) is 56.2 Å². The molecule has 2 atom stereocenters. The van der Waals surface area contributed by atoms with E-state index in [0.29, 0.717) is 41.5 Å². The van der Waals surface area contributed by atoms with Crippen molar-refractivity contribution < 1.29 is 14.3 Å². The van der Waals surface area contributed by atoms with E-state index in [2.05, 4.69) is 20.5 Å². The van der Waals surface area contributed by atoms with Gasteiger partial charge in [-0.3, -0.25) is 14.7 Å². The Balaban J connectivity index is 1.59. The number of nitrogens with one attached hydrogen (secondary N) is 2. The number of H-pyrrole nitrogens is 1. The lowest BCUT2D eigenvalue weighted by Crippen LogP contribution is -2.38. The summed E-state index contributed by atoms with van der Waals surface area (Å²) < 4.78 is 5.25. The van der Waals surface area contributed by atoms with Crippen LogP contribution in [-0.2, 0) is 0 Å². The van der Waals surface area contributed by atoms with Crippen molar-refractivity contribution >= 4 is 11.8 Å². The van der Waals surface area contributed by atoms with Crippen LogP contribution in [0.3, 0.4) is 0 Å². The van der Waals surface area contributed by atoms with Gasteiger partial charge in [0.2, 0.25) is 0 Å². The fourth-order valence-electron chi connectivity index (χ4n) is 3.93. The molecule has 3 aromatic rings. The van der Waals surface area contributed by atoms with Crippen molar-refractivity contribution in [3.05, 3.63) is 76.9 Å². The lowest BCUT2D eigenvalue weighted by molar-refractivity contribution is 0.0723. The molecule has 1 aromatic heterocycles. The average molecular weight is 419 g/mol. The number of carbonyl (C=O) groups excluding carboxylic acids is 2. The molecule has 4 rings (SSSR count). The number of nitrogens with zero attached hydrogens (tertiary/aromatic N) is 3. The summed E-state index contributed by atoms with van der Waals surface area (Å²) in [5, 5.41) is 10.2. The minimum Gasteiger partial charge on any atom is -0.497 e. The summed E-state index contributed by atoms with van der Waals surface area (Å²) in [5.41, 5.74) is 2.00. The fourth-order valence-corrected chi connectivity index (χ4v) is 3.93. The third kappa shape index (κ3) is 4.28. The van der Waals surface area contributed by atoms with Crippen LogP contribution in [0.2, 0.25) is 0 Å². The molecule has 2 unspecified atom stereocenters. The highest BCUT2D eigenvalue weighted by Crippen LogP contribution is 2.33. The second kappa shape index (κ2) is 8.59.